The van der Waals surface area contributed by atoms with Gasteiger partial charge < -0.3 is 0 Å². The maximum Gasteiger partial charge on any atom is 0.00867 e. The highest BCUT2D eigenvalue weighted by Crippen LogP contribution is 2.58. The number of benzene rings is 1. The molecule has 2 rings (SSSR count). The third-order valence-corrected chi connectivity index (χ3v) is 5.48. The van der Waals surface area contributed by atoms with Crippen LogP contribution < -0.4 is 0 Å². The molecule has 0 aromatic heterocycles. The molecule has 116 valence electrons. The summed E-state index contributed by atoms with van der Waals surface area (Å²) in [5.74, 6) is 0. The summed E-state index contributed by atoms with van der Waals surface area (Å²) >= 11 is 0. The highest BCUT2D eigenvalue weighted by atomic mass is 14.5. The molecule has 0 heterocycles. The van der Waals surface area contributed by atoms with Crippen LogP contribution in [0.1, 0.15) is 43.2 Å². The van der Waals surface area contributed by atoms with E-state index in [9.17, 15) is 0 Å². The second-order valence-corrected chi connectivity index (χ2v) is 6.49. The fraction of sp³-hybridized carbons (Fsp3) is 0.364. The van der Waals surface area contributed by atoms with Crippen molar-refractivity contribution in [1.82, 2.24) is 0 Å². The fourth-order valence-electron chi connectivity index (χ4n) is 4.56. The van der Waals surface area contributed by atoms with Gasteiger partial charge in [-0.05, 0) is 55.1 Å². The van der Waals surface area contributed by atoms with Crippen LogP contribution >= 0.6 is 0 Å². The van der Waals surface area contributed by atoms with E-state index in [1.165, 1.54) is 17.5 Å². The Kier molecular flexibility index (Phi) is 5.24. The standard InChI is InChI=1S/C22H28/c1-5-14-21(15-6-2)18-13-19-11-9-10-12-20(19)22(21,16-7-3)17-8-4/h5-12H,1-4,13-18H2. The highest BCUT2D eigenvalue weighted by molar-refractivity contribution is 5.42. The van der Waals surface area contributed by atoms with Gasteiger partial charge in [0.15, 0.2) is 0 Å². The third kappa shape index (κ3) is 2.52. The number of fused-ring (bicyclic) bond motifs is 1. The van der Waals surface area contributed by atoms with Gasteiger partial charge in [0.2, 0.25) is 0 Å². The first-order valence-electron chi connectivity index (χ1n) is 8.21. The lowest BCUT2D eigenvalue weighted by atomic mass is 9.49. The Hall–Kier alpha value is -1.82. The van der Waals surface area contributed by atoms with Crippen molar-refractivity contribution in [2.45, 2.75) is 43.9 Å². The molecule has 0 amide bonds. The third-order valence-electron chi connectivity index (χ3n) is 5.48. The second kappa shape index (κ2) is 6.96. The van der Waals surface area contributed by atoms with Crippen LogP contribution in [0.25, 0.3) is 0 Å². The van der Waals surface area contributed by atoms with E-state index in [1.807, 2.05) is 0 Å². The molecule has 1 aliphatic rings. The van der Waals surface area contributed by atoms with Crippen molar-refractivity contribution in [2.24, 2.45) is 5.41 Å². The molecule has 0 spiro atoms. The van der Waals surface area contributed by atoms with Crippen molar-refractivity contribution in [3.63, 3.8) is 0 Å². The van der Waals surface area contributed by atoms with Gasteiger partial charge in [-0.15, -0.1) is 26.3 Å². The maximum atomic E-state index is 4.05. The summed E-state index contributed by atoms with van der Waals surface area (Å²) in [6.45, 7) is 16.2. The number of hydrogen-bond acceptors (Lipinski definition) is 0. The Morgan fingerprint density at radius 3 is 1.91 bits per heavy atom. The zero-order chi connectivity index (χ0) is 16.1. The van der Waals surface area contributed by atoms with E-state index < -0.39 is 0 Å². The summed E-state index contributed by atoms with van der Waals surface area (Å²) in [6, 6.07) is 8.90. The molecule has 0 nitrogen and oxygen atoms in total. The van der Waals surface area contributed by atoms with Crippen LogP contribution in [0.2, 0.25) is 0 Å². The van der Waals surface area contributed by atoms with E-state index in [0.717, 1.165) is 32.1 Å². The normalized spacial score (nSPS) is 18.0. The first-order chi connectivity index (χ1) is 10.7. The number of rotatable bonds is 8. The molecule has 0 saturated carbocycles. The van der Waals surface area contributed by atoms with Crippen molar-refractivity contribution in [3.05, 3.63) is 86.0 Å². The van der Waals surface area contributed by atoms with Crippen LogP contribution in [0.3, 0.4) is 0 Å². The second-order valence-electron chi connectivity index (χ2n) is 6.49. The highest BCUT2D eigenvalue weighted by Gasteiger charge is 2.51. The molecule has 0 heteroatoms. The van der Waals surface area contributed by atoms with Crippen LogP contribution in [0.4, 0.5) is 0 Å². The summed E-state index contributed by atoms with van der Waals surface area (Å²) < 4.78 is 0. The van der Waals surface area contributed by atoms with Gasteiger partial charge in [-0.2, -0.15) is 0 Å². The predicted molar refractivity (Wildman–Crippen MR) is 98.1 cm³/mol. The molecule has 1 aromatic carbocycles. The van der Waals surface area contributed by atoms with Gasteiger partial charge in [0, 0.05) is 5.41 Å². The van der Waals surface area contributed by atoms with Gasteiger partial charge in [0.05, 0.1) is 0 Å². The first-order valence-corrected chi connectivity index (χ1v) is 8.21. The Bertz CT molecular complexity index is 541. The molecule has 0 saturated heterocycles. The first kappa shape index (κ1) is 16.5. The van der Waals surface area contributed by atoms with E-state index in [2.05, 4.69) is 74.9 Å². The lowest BCUT2D eigenvalue weighted by molar-refractivity contribution is 0.0930. The molecule has 0 N–H and O–H groups in total. The van der Waals surface area contributed by atoms with Gasteiger partial charge in [-0.3, -0.25) is 0 Å². The predicted octanol–water partition coefficient (Wildman–Crippen LogP) is 6.16. The van der Waals surface area contributed by atoms with Crippen molar-refractivity contribution in [1.29, 1.82) is 0 Å². The van der Waals surface area contributed by atoms with Crippen molar-refractivity contribution in [2.75, 3.05) is 0 Å². The van der Waals surface area contributed by atoms with Gasteiger partial charge in [0.1, 0.15) is 0 Å². The van der Waals surface area contributed by atoms with E-state index in [0.29, 0.717) is 0 Å². The van der Waals surface area contributed by atoms with E-state index in [1.54, 1.807) is 0 Å². The maximum absolute atomic E-state index is 4.05. The molecule has 0 radical (unpaired) electrons. The monoisotopic (exact) mass is 292 g/mol. The van der Waals surface area contributed by atoms with Crippen molar-refractivity contribution >= 4 is 0 Å². The van der Waals surface area contributed by atoms with E-state index in [4.69, 9.17) is 0 Å². The Labute approximate surface area is 136 Å². The average Bonchev–Trinajstić information content (AvgIpc) is 2.52. The Morgan fingerprint density at radius 2 is 1.36 bits per heavy atom. The van der Waals surface area contributed by atoms with Crippen molar-refractivity contribution in [3.8, 4) is 0 Å². The SMILES string of the molecule is C=CCC1(CC=C)CCc2ccccc2C1(CC=C)CC=C. The zero-order valence-electron chi connectivity index (χ0n) is 13.7. The van der Waals surface area contributed by atoms with Gasteiger partial charge in [-0.1, -0.05) is 48.6 Å². The molecule has 0 fully saturated rings. The van der Waals surface area contributed by atoms with Crippen LogP contribution in [-0.2, 0) is 11.8 Å². The minimum absolute atomic E-state index is 0.0493. The Balaban J connectivity index is 2.71. The largest absolute Gasteiger partial charge is 0.103 e. The van der Waals surface area contributed by atoms with Gasteiger partial charge in [0.25, 0.3) is 0 Å². The summed E-state index contributed by atoms with van der Waals surface area (Å²) in [6.07, 6.45) is 14.6. The van der Waals surface area contributed by atoms with Crippen LogP contribution in [-0.4, -0.2) is 0 Å². The van der Waals surface area contributed by atoms with Crippen LogP contribution in [0, 0.1) is 5.41 Å². The molecule has 0 aliphatic heterocycles. The molecule has 1 aliphatic carbocycles. The van der Waals surface area contributed by atoms with Gasteiger partial charge >= 0.3 is 0 Å². The van der Waals surface area contributed by atoms with Crippen molar-refractivity contribution < 1.29 is 0 Å². The van der Waals surface area contributed by atoms with E-state index in [-0.39, 0.29) is 10.8 Å². The topological polar surface area (TPSA) is 0 Å². The molecular formula is C22H28. The number of allylic oxidation sites excluding steroid dienone is 4. The van der Waals surface area contributed by atoms with E-state index >= 15 is 0 Å². The average molecular weight is 292 g/mol. The molecule has 0 bridgehead atoms. The number of aryl methyl sites for hydroxylation is 1. The zero-order valence-corrected chi connectivity index (χ0v) is 13.7. The van der Waals surface area contributed by atoms with Crippen LogP contribution in [0.15, 0.2) is 74.9 Å². The minimum atomic E-state index is 0.0493. The molecule has 0 unspecified atom stereocenters. The quantitative estimate of drug-likeness (QED) is 0.503. The fourth-order valence-corrected chi connectivity index (χ4v) is 4.56. The smallest absolute Gasteiger partial charge is 0.00867 e. The minimum Gasteiger partial charge on any atom is -0.103 e. The molecule has 22 heavy (non-hydrogen) atoms. The Morgan fingerprint density at radius 1 is 0.818 bits per heavy atom. The van der Waals surface area contributed by atoms with Gasteiger partial charge in [-0.25, -0.2) is 0 Å². The molecule has 1 aromatic rings. The summed E-state index contributed by atoms with van der Waals surface area (Å²) in [5.41, 5.74) is 3.17. The summed E-state index contributed by atoms with van der Waals surface area (Å²) in [5, 5.41) is 0. The summed E-state index contributed by atoms with van der Waals surface area (Å²) in [7, 11) is 0. The lowest BCUT2D eigenvalue weighted by Gasteiger charge is -2.54. The summed E-state index contributed by atoms with van der Waals surface area (Å²) in [4.78, 5) is 0. The lowest BCUT2D eigenvalue weighted by Crippen LogP contribution is -2.48. The number of hydrogen-bond donors (Lipinski definition) is 0. The van der Waals surface area contributed by atoms with Crippen LogP contribution in [0.5, 0.6) is 0 Å². The molecule has 0 atom stereocenters. The molecular weight excluding hydrogens is 264 g/mol.